The molecule has 3 aromatic heterocycles. The molecule has 3 heterocycles. The summed E-state index contributed by atoms with van der Waals surface area (Å²) in [6.07, 6.45) is 5.31. The quantitative estimate of drug-likeness (QED) is 0.348. The number of rotatable bonds is 5. The predicted molar refractivity (Wildman–Crippen MR) is 114 cm³/mol. The molecule has 2 aromatic carbocycles. The van der Waals surface area contributed by atoms with Crippen LogP contribution in [0.5, 0.6) is 0 Å². The molecule has 0 spiro atoms. The zero-order valence-electron chi connectivity index (χ0n) is 15.6. The van der Waals surface area contributed by atoms with Gasteiger partial charge < -0.3 is 15.4 Å². The van der Waals surface area contributed by atoms with Crippen molar-refractivity contribution in [2.45, 2.75) is 0 Å². The van der Waals surface area contributed by atoms with E-state index in [1.165, 1.54) is 0 Å². The molecule has 0 fully saturated rings. The zero-order chi connectivity index (χ0) is 20.5. The Balaban J connectivity index is 1.40. The van der Waals surface area contributed by atoms with Crippen molar-refractivity contribution in [2.75, 3.05) is 5.32 Å². The van der Waals surface area contributed by atoms with Crippen LogP contribution in [0.4, 0.5) is 11.5 Å². The van der Waals surface area contributed by atoms with E-state index in [0.717, 1.165) is 33.3 Å². The predicted octanol–water partition coefficient (Wildman–Crippen LogP) is 4.46. The minimum absolute atomic E-state index is 0.150. The number of aromatic nitrogens is 5. The molecule has 5 rings (SSSR count). The summed E-state index contributed by atoms with van der Waals surface area (Å²) >= 11 is 0. The van der Waals surface area contributed by atoms with Gasteiger partial charge in [-0.3, -0.25) is 5.10 Å². The number of hydrogen-bond acceptors (Lipinski definition) is 5. The smallest absolute Gasteiger partial charge is 0.352 e. The molecule has 0 saturated heterocycles. The number of carboxylic acid groups (broad SMARTS) is 1. The summed E-state index contributed by atoms with van der Waals surface area (Å²) in [7, 11) is 0. The molecule has 0 aliphatic rings. The molecule has 0 amide bonds. The third kappa shape index (κ3) is 3.37. The first-order valence-electron chi connectivity index (χ1n) is 9.21. The lowest BCUT2D eigenvalue weighted by Crippen LogP contribution is -1.97. The standard InChI is InChI=1S/C22H16N6O2/c29-22(30)19-9-14-1-2-15(10-18(14)27-19)21-23-8-7-20(28-21)26-17-5-3-13(4-6-17)16-11-24-25-12-16/h1-12,27H,(H,24,25)(H,29,30)(H,23,26,28). The average molecular weight is 396 g/mol. The number of hydrogen-bond donors (Lipinski definition) is 4. The summed E-state index contributed by atoms with van der Waals surface area (Å²) in [4.78, 5) is 23.0. The third-order valence-electron chi connectivity index (χ3n) is 4.76. The maximum absolute atomic E-state index is 11.2. The molecule has 0 atom stereocenters. The Bertz CT molecular complexity index is 1340. The van der Waals surface area contributed by atoms with Crippen molar-refractivity contribution in [2.24, 2.45) is 0 Å². The van der Waals surface area contributed by atoms with E-state index < -0.39 is 5.97 Å². The summed E-state index contributed by atoms with van der Waals surface area (Å²) in [5, 5.41) is 20.0. The number of nitrogens with one attached hydrogen (secondary N) is 3. The molecule has 5 aromatic rings. The number of benzene rings is 2. The van der Waals surface area contributed by atoms with Gasteiger partial charge in [-0.1, -0.05) is 24.3 Å². The van der Waals surface area contributed by atoms with Crippen molar-refractivity contribution in [3.63, 3.8) is 0 Å². The first-order chi connectivity index (χ1) is 14.7. The highest BCUT2D eigenvalue weighted by atomic mass is 16.4. The van der Waals surface area contributed by atoms with Crippen LogP contribution in [0.25, 0.3) is 33.4 Å². The van der Waals surface area contributed by atoms with Crippen LogP contribution < -0.4 is 5.32 Å². The number of nitrogens with zero attached hydrogens (tertiary/aromatic N) is 3. The van der Waals surface area contributed by atoms with Crippen LogP contribution in [0.2, 0.25) is 0 Å². The second-order valence-electron chi connectivity index (χ2n) is 6.75. The van der Waals surface area contributed by atoms with Gasteiger partial charge in [0.15, 0.2) is 5.82 Å². The number of carboxylic acids is 1. The molecule has 0 unspecified atom stereocenters. The van der Waals surface area contributed by atoms with E-state index in [2.05, 4.69) is 30.5 Å². The average Bonchev–Trinajstić information content (AvgIpc) is 3.44. The lowest BCUT2D eigenvalue weighted by molar-refractivity contribution is 0.0691. The highest BCUT2D eigenvalue weighted by Gasteiger charge is 2.10. The van der Waals surface area contributed by atoms with Gasteiger partial charge in [0.25, 0.3) is 0 Å². The van der Waals surface area contributed by atoms with Crippen LogP contribution in [0.1, 0.15) is 10.5 Å². The summed E-state index contributed by atoms with van der Waals surface area (Å²) in [5.41, 5.74) is 4.66. The van der Waals surface area contributed by atoms with Gasteiger partial charge >= 0.3 is 5.97 Å². The van der Waals surface area contributed by atoms with Crippen LogP contribution in [0.3, 0.4) is 0 Å². The molecule has 8 heteroatoms. The second-order valence-corrected chi connectivity index (χ2v) is 6.75. The number of aromatic carboxylic acids is 1. The number of fused-ring (bicyclic) bond motifs is 1. The van der Waals surface area contributed by atoms with Gasteiger partial charge in [0.1, 0.15) is 11.5 Å². The molecule has 8 nitrogen and oxygen atoms in total. The summed E-state index contributed by atoms with van der Waals surface area (Å²) < 4.78 is 0. The Hall–Kier alpha value is -4.46. The lowest BCUT2D eigenvalue weighted by atomic mass is 10.1. The van der Waals surface area contributed by atoms with Crippen LogP contribution in [0, 0.1) is 0 Å². The minimum Gasteiger partial charge on any atom is -0.477 e. The molecule has 4 N–H and O–H groups in total. The molecule has 146 valence electrons. The lowest BCUT2D eigenvalue weighted by Gasteiger charge is -2.08. The monoisotopic (exact) mass is 396 g/mol. The molecule has 0 aliphatic heterocycles. The van der Waals surface area contributed by atoms with Gasteiger partial charge in [-0.2, -0.15) is 5.10 Å². The molecular formula is C22H16N6O2. The Morgan fingerprint density at radius 3 is 2.57 bits per heavy atom. The number of H-pyrrole nitrogens is 2. The van der Waals surface area contributed by atoms with E-state index in [0.29, 0.717) is 11.6 Å². The third-order valence-corrected chi connectivity index (χ3v) is 4.76. The first kappa shape index (κ1) is 17.6. The fraction of sp³-hybridized carbons (Fsp3) is 0. The fourth-order valence-corrected chi connectivity index (χ4v) is 3.25. The van der Waals surface area contributed by atoms with Crippen LogP contribution in [-0.4, -0.2) is 36.2 Å². The number of anilines is 2. The topological polar surface area (TPSA) is 120 Å². The number of aromatic amines is 2. The molecule has 0 radical (unpaired) electrons. The minimum atomic E-state index is -0.992. The summed E-state index contributed by atoms with van der Waals surface area (Å²) in [5.74, 6) is 0.214. The van der Waals surface area contributed by atoms with E-state index in [9.17, 15) is 4.79 Å². The first-order valence-corrected chi connectivity index (χ1v) is 9.21. The maximum atomic E-state index is 11.2. The van der Waals surface area contributed by atoms with Crippen LogP contribution >= 0.6 is 0 Å². The van der Waals surface area contributed by atoms with E-state index in [1.54, 1.807) is 24.5 Å². The highest BCUT2D eigenvalue weighted by molar-refractivity contribution is 5.94. The van der Waals surface area contributed by atoms with Crippen LogP contribution in [0.15, 0.2) is 73.2 Å². The van der Waals surface area contributed by atoms with E-state index in [-0.39, 0.29) is 5.69 Å². The highest BCUT2D eigenvalue weighted by Crippen LogP contribution is 2.25. The van der Waals surface area contributed by atoms with Crippen LogP contribution in [-0.2, 0) is 0 Å². The number of carbonyl (C=O) groups is 1. The van der Waals surface area contributed by atoms with Crippen molar-refractivity contribution in [3.05, 3.63) is 78.9 Å². The molecule has 0 aliphatic carbocycles. The van der Waals surface area contributed by atoms with Gasteiger partial charge in [-0.25, -0.2) is 14.8 Å². The Labute approximate surface area is 170 Å². The summed E-state index contributed by atoms with van der Waals surface area (Å²) in [6.45, 7) is 0. The van der Waals surface area contributed by atoms with E-state index in [4.69, 9.17) is 5.11 Å². The van der Waals surface area contributed by atoms with Crippen molar-refractivity contribution in [1.82, 2.24) is 25.1 Å². The molecular weight excluding hydrogens is 380 g/mol. The van der Waals surface area contributed by atoms with Gasteiger partial charge in [0, 0.05) is 40.1 Å². The molecule has 0 saturated carbocycles. The Morgan fingerprint density at radius 2 is 1.80 bits per heavy atom. The van der Waals surface area contributed by atoms with Crippen molar-refractivity contribution in [3.8, 4) is 22.5 Å². The van der Waals surface area contributed by atoms with E-state index in [1.807, 2.05) is 48.7 Å². The Kier molecular flexibility index (Phi) is 4.21. The maximum Gasteiger partial charge on any atom is 0.352 e. The zero-order valence-corrected chi connectivity index (χ0v) is 15.6. The fourth-order valence-electron chi connectivity index (χ4n) is 3.25. The van der Waals surface area contributed by atoms with E-state index >= 15 is 0 Å². The second kappa shape index (κ2) is 7.17. The van der Waals surface area contributed by atoms with Gasteiger partial charge in [0.2, 0.25) is 0 Å². The molecule has 30 heavy (non-hydrogen) atoms. The van der Waals surface area contributed by atoms with Crippen molar-refractivity contribution < 1.29 is 9.90 Å². The van der Waals surface area contributed by atoms with Gasteiger partial charge in [0.05, 0.1) is 6.20 Å². The van der Waals surface area contributed by atoms with Gasteiger partial charge in [-0.15, -0.1) is 0 Å². The Morgan fingerprint density at radius 1 is 0.967 bits per heavy atom. The summed E-state index contributed by atoms with van der Waals surface area (Å²) in [6, 6.07) is 16.9. The largest absolute Gasteiger partial charge is 0.477 e. The van der Waals surface area contributed by atoms with Gasteiger partial charge in [-0.05, 0) is 35.9 Å². The normalized spacial score (nSPS) is 10.9. The van der Waals surface area contributed by atoms with Crippen molar-refractivity contribution in [1.29, 1.82) is 0 Å². The molecule has 0 bridgehead atoms. The van der Waals surface area contributed by atoms with Crippen molar-refractivity contribution >= 4 is 28.4 Å². The SMILES string of the molecule is O=C(O)c1cc2ccc(-c3nccc(Nc4ccc(-c5cn[nH]c5)cc4)n3)cc2[nH]1.